The van der Waals surface area contributed by atoms with Gasteiger partial charge in [0.25, 0.3) is 0 Å². The summed E-state index contributed by atoms with van der Waals surface area (Å²) in [6.45, 7) is 2.61. The predicted octanol–water partition coefficient (Wildman–Crippen LogP) is 3.78. The molecule has 1 heterocycles. The number of benzene rings is 1. The third kappa shape index (κ3) is 4.04. The van der Waals surface area contributed by atoms with Crippen LogP contribution in [0.15, 0.2) is 36.5 Å². The lowest BCUT2D eigenvalue weighted by atomic mass is 10.0. The molecule has 0 aliphatic rings. The maximum absolute atomic E-state index is 13.9. The Morgan fingerprint density at radius 2 is 1.95 bits per heavy atom. The second kappa shape index (κ2) is 7.22. The average molecular weight is 294 g/mol. The van der Waals surface area contributed by atoms with Gasteiger partial charge in [-0.1, -0.05) is 6.92 Å². The number of aromatic nitrogens is 1. The minimum absolute atomic E-state index is 0.136. The Labute approximate surface area is 122 Å². The van der Waals surface area contributed by atoms with E-state index in [9.17, 15) is 13.2 Å². The Kier molecular flexibility index (Phi) is 5.33. The highest BCUT2D eigenvalue weighted by molar-refractivity contribution is 5.22. The molecule has 1 atom stereocenters. The number of hydrogen-bond acceptors (Lipinski definition) is 2. The molecular weight excluding hydrogens is 277 g/mol. The van der Waals surface area contributed by atoms with Crippen LogP contribution in [-0.4, -0.2) is 11.5 Å². The van der Waals surface area contributed by atoms with Crippen molar-refractivity contribution in [1.82, 2.24) is 10.3 Å². The molecule has 0 spiro atoms. The SMILES string of the molecule is CCCNC(Cc1cc(F)ccc1F)c1ncccc1F. The van der Waals surface area contributed by atoms with Crippen LogP contribution in [-0.2, 0) is 6.42 Å². The Bertz CT molecular complexity index is 602. The van der Waals surface area contributed by atoms with E-state index < -0.39 is 23.5 Å². The van der Waals surface area contributed by atoms with Crippen molar-refractivity contribution in [3.05, 3.63) is 65.2 Å². The lowest BCUT2D eigenvalue weighted by Gasteiger charge is -2.19. The molecule has 0 aliphatic carbocycles. The van der Waals surface area contributed by atoms with Crippen LogP contribution in [0.5, 0.6) is 0 Å². The van der Waals surface area contributed by atoms with Gasteiger partial charge >= 0.3 is 0 Å². The number of nitrogens with zero attached hydrogens (tertiary/aromatic N) is 1. The molecular formula is C16H17F3N2. The maximum Gasteiger partial charge on any atom is 0.146 e. The van der Waals surface area contributed by atoms with Crippen molar-refractivity contribution < 1.29 is 13.2 Å². The average Bonchev–Trinajstić information content (AvgIpc) is 2.48. The van der Waals surface area contributed by atoms with Gasteiger partial charge in [0.2, 0.25) is 0 Å². The molecule has 112 valence electrons. The second-order valence-electron chi connectivity index (χ2n) is 4.82. The van der Waals surface area contributed by atoms with Gasteiger partial charge in [0, 0.05) is 6.20 Å². The Balaban J connectivity index is 2.28. The molecule has 2 nitrogen and oxygen atoms in total. The first-order chi connectivity index (χ1) is 10.1. The lowest BCUT2D eigenvalue weighted by molar-refractivity contribution is 0.472. The molecule has 1 N–H and O–H groups in total. The van der Waals surface area contributed by atoms with E-state index >= 15 is 0 Å². The number of hydrogen-bond donors (Lipinski definition) is 1. The fraction of sp³-hybridized carbons (Fsp3) is 0.312. The second-order valence-corrected chi connectivity index (χ2v) is 4.82. The summed E-state index contributed by atoms with van der Waals surface area (Å²) in [7, 11) is 0. The Morgan fingerprint density at radius 3 is 2.67 bits per heavy atom. The molecule has 0 saturated carbocycles. The van der Waals surface area contributed by atoms with E-state index in [0.717, 1.165) is 24.6 Å². The van der Waals surface area contributed by atoms with Gasteiger partial charge in [-0.15, -0.1) is 0 Å². The molecule has 1 unspecified atom stereocenters. The van der Waals surface area contributed by atoms with Crippen molar-refractivity contribution >= 4 is 0 Å². The summed E-state index contributed by atoms with van der Waals surface area (Å²) in [5.74, 6) is -1.47. The number of nitrogens with one attached hydrogen (secondary N) is 1. The number of pyridine rings is 1. The third-order valence-electron chi connectivity index (χ3n) is 3.19. The van der Waals surface area contributed by atoms with Gasteiger partial charge in [0.15, 0.2) is 0 Å². The van der Waals surface area contributed by atoms with Gasteiger partial charge in [-0.05, 0) is 55.3 Å². The summed E-state index contributed by atoms with van der Waals surface area (Å²) >= 11 is 0. The van der Waals surface area contributed by atoms with E-state index in [4.69, 9.17) is 0 Å². The van der Waals surface area contributed by atoms with E-state index in [2.05, 4.69) is 10.3 Å². The minimum atomic E-state index is -0.512. The van der Waals surface area contributed by atoms with Gasteiger partial charge in [-0.3, -0.25) is 4.98 Å². The zero-order valence-electron chi connectivity index (χ0n) is 11.7. The molecule has 0 radical (unpaired) electrons. The summed E-state index contributed by atoms with van der Waals surface area (Å²) in [5, 5.41) is 3.13. The highest BCUT2D eigenvalue weighted by Crippen LogP contribution is 2.21. The lowest BCUT2D eigenvalue weighted by Crippen LogP contribution is -2.26. The topological polar surface area (TPSA) is 24.9 Å². The summed E-state index contributed by atoms with van der Waals surface area (Å²) in [6, 6.07) is 5.59. The van der Waals surface area contributed by atoms with Crippen LogP contribution in [0.25, 0.3) is 0 Å². The molecule has 0 fully saturated rings. The molecule has 5 heteroatoms. The van der Waals surface area contributed by atoms with Gasteiger partial charge in [-0.2, -0.15) is 0 Å². The van der Waals surface area contributed by atoms with Crippen molar-refractivity contribution in [2.24, 2.45) is 0 Å². The largest absolute Gasteiger partial charge is 0.308 e. The summed E-state index contributed by atoms with van der Waals surface area (Å²) in [4.78, 5) is 4.03. The van der Waals surface area contributed by atoms with Crippen molar-refractivity contribution in [3.8, 4) is 0 Å². The van der Waals surface area contributed by atoms with Crippen LogP contribution >= 0.6 is 0 Å². The molecule has 0 amide bonds. The zero-order chi connectivity index (χ0) is 15.2. The Hall–Kier alpha value is -1.88. The van der Waals surface area contributed by atoms with Crippen LogP contribution in [0.2, 0.25) is 0 Å². The summed E-state index contributed by atoms with van der Waals surface area (Å²) in [6.07, 6.45) is 2.47. The first-order valence-corrected chi connectivity index (χ1v) is 6.89. The highest BCUT2D eigenvalue weighted by atomic mass is 19.1. The smallest absolute Gasteiger partial charge is 0.146 e. The summed E-state index contributed by atoms with van der Waals surface area (Å²) < 4.78 is 40.9. The molecule has 0 bridgehead atoms. The summed E-state index contributed by atoms with van der Waals surface area (Å²) in [5.41, 5.74) is 0.420. The first-order valence-electron chi connectivity index (χ1n) is 6.89. The van der Waals surface area contributed by atoms with Crippen molar-refractivity contribution in [1.29, 1.82) is 0 Å². The molecule has 0 saturated heterocycles. The van der Waals surface area contributed by atoms with E-state index in [1.807, 2.05) is 6.92 Å². The predicted molar refractivity (Wildman–Crippen MR) is 75.3 cm³/mol. The van der Waals surface area contributed by atoms with Crippen LogP contribution < -0.4 is 5.32 Å². The fourth-order valence-corrected chi connectivity index (χ4v) is 2.16. The standard InChI is InChI=1S/C16H17F3N2/c1-2-7-20-15(16-14(19)4-3-8-21-16)10-11-9-12(17)5-6-13(11)18/h3-6,8-9,15,20H,2,7,10H2,1H3. The quantitative estimate of drug-likeness (QED) is 0.877. The molecule has 1 aromatic carbocycles. The van der Waals surface area contributed by atoms with Crippen molar-refractivity contribution in [2.45, 2.75) is 25.8 Å². The Morgan fingerprint density at radius 1 is 1.14 bits per heavy atom. The monoisotopic (exact) mass is 294 g/mol. The molecule has 21 heavy (non-hydrogen) atoms. The van der Waals surface area contributed by atoms with E-state index in [1.54, 1.807) is 0 Å². The van der Waals surface area contributed by atoms with Gasteiger partial charge in [-0.25, -0.2) is 13.2 Å². The third-order valence-corrected chi connectivity index (χ3v) is 3.19. The number of halogens is 3. The van der Waals surface area contributed by atoms with Crippen LogP contribution in [0.4, 0.5) is 13.2 Å². The molecule has 2 aromatic rings. The highest BCUT2D eigenvalue weighted by Gasteiger charge is 2.19. The zero-order valence-corrected chi connectivity index (χ0v) is 11.7. The van der Waals surface area contributed by atoms with Crippen LogP contribution in [0.1, 0.15) is 30.6 Å². The van der Waals surface area contributed by atoms with Gasteiger partial charge in [0.05, 0.1) is 11.7 Å². The van der Waals surface area contributed by atoms with E-state index in [0.29, 0.717) is 6.54 Å². The molecule has 0 aliphatic heterocycles. The fourth-order valence-electron chi connectivity index (χ4n) is 2.16. The molecule has 1 aromatic heterocycles. The molecule has 2 rings (SSSR count). The van der Waals surface area contributed by atoms with Crippen molar-refractivity contribution in [2.75, 3.05) is 6.54 Å². The van der Waals surface area contributed by atoms with Gasteiger partial charge in [0.1, 0.15) is 17.5 Å². The van der Waals surface area contributed by atoms with Crippen LogP contribution in [0, 0.1) is 17.5 Å². The van der Waals surface area contributed by atoms with E-state index in [-0.39, 0.29) is 17.7 Å². The van der Waals surface area contributed by atoms with E-state index in [1.165, 1.54) is 18.3 Å². The minimum Gasteiger partial charge on any atom is -0.308 e. The number of rotatable bonds is 6. The van der Waals surface area contributed by atoms with Crippen molar-refractivity contribution in [3.63, 3.8) is 0 Å². The normalized spacial score (nSPS) is 12.4. The maximum atomic E-state index is 13.9. The van der Waals surface area contributed by atoms with Gasteiger partial charge < -0.3 is 5.32 Å². The first kappa shape index (κ1) is 15.5. The van der Waals surface area contributed by atoms with Crippen LogP contribution in [0.3, 0.4) is 0 Å².